The Morgan fingerprint density at radius 3 is 2.57 bits per heavy atom. The fourth-order valence-corrected chi connectivity index (χ4v) is 5.99. The number of hydrogen-bond acceptors (Lipinski definition) is 3. The van der Waals surface area contributed by atoms with E-state index in [2.05, 4.69) is 12.2 Å². The van der Waals surface area contributed by atoms with Crippen molar-refractivity contribution in [3.05, 3.63) is 29.3 Å². The fraction of sp³-hybridized carbons (Fsp3) is 0.650. The van der Waals surface area contributed by atoms with E-state index in [0.29, 0.717) is 37.1 Å². The molecule has 1 aliphatic heterocycles. The van der Waals surface area contributed by atoms with Crippen LogP contribution in [-0.2, 0) is 14.8 Å². The number of rotatable bonds is 5. The molecule has 6 nitrogen and oxygen atoms in total. The van der Waals surface area contributed by atoms with Gasteiger partial charge in [-0.15, -0.1) is 0 Å². The van der Waals surface area contributed by atoms with Crippen LogP contribution in [0.4, 0.5) is 0 Å². The number of piperazine rings is 1. The summed E-state index contributed by atoms with van der Waals surface area (Å²) >= 11 is 5.95. The summed E-state index contributed by atoms with van der Waals surface area (Å²) in [6, 6.07) is 6.46. The van der Waals surface area contributed by atoms with E-state index >= 15 is 0 Å². The SMILES string of the molecule is C[C@@H]1CCCC[C@H]1NC(=O)[C@@H](C)[NH+]1CCN(S(=O)(=O)c2cccc(Cl)c2)CC1. The highest BCUT2D eigenvalue weighted by atomic mass is 35.5. The minimum Gasteiger partial charge on any atom is -0.348 e. The summed E-state index contributed by atoms with van der Waals surface area (Å²) in [7, 11) is -3.55. The molecule has 1 heterocycles. The lowest BCUT2D eigenvalue weighted by molar-refractivity contribution is -0.917. The van der Waals surface area contributed by atoms with Crippen molar-refractivity contribution >= 4 is 27.5 Å². The number of benzene rings is 1. The van der Waals surface area contributed by atoms with Crippen LogP contribution in [0.1, 0.15) is 39.5 Å². The molecule has 0 spiro atoms. The molecule has 3 rings (SSSR count). The van der Waals surface area contributed by atoms with Crippen molar-refractivity contribution < 1.29 is 18.1 Å². The maximum Gasteiger partial charge on any atom is 0.278 e. The number of nitrogens with zero attached hydrogens (tertiary/aromatic N) is 1. The van der Waals surface area contributed by atoms with Gasteiger partial charge in [-0.2, -0.15) is 4.31 Å². The fourth-order valence-electron chi connectivity index (χ4n) is 4.25. The van der Waals surface area contributed by atoms with Gasteiger partial charge in [0.15, 0.2) is 6.04 Å². The van der Waals surface area contributed by atoms with E-state index in [1.807, 2.05) is 6.92 Å². The van der Waals surface area contributed by atoms with E-state index < -0.39 is 10.0 Å². The first-order valence-corrected chi connectivity index (χ1v) is 12.0. The summed E-state index contributed by atoms with van der Waals surface area (Å²) in [5, 5.41) is 3.64. The first-order valence-electron chi connectivity index (χ1n) is 10.2. The normalized spacial score (nSPS) is 26.0. The summed E-state index contributed by atoms with van der Waals surface area (Å²) in [4.78, 5) is 14.1. The molecule has 1 amide bonds. The zero-order valence-corrected chi connectivity index (χ0v) is 18.2. The average Bonchev–Trinajstić information content (AvgIpc) is 2.69. The summed E-state index contributed by atoms with van der Waals surface area (Å²) in [5.41, 5.74) is 0. The van der Waals surface area contributed by atoms with Gasteiger partial charge in [0.1, 0.15) is 0 Å². The van der Waals surface area contributed by atoms with Gasteiger partial charge in [-0.25, -0.2) is 8.42 Å². The molecule has 1 saturated heterocycles. The van der Waals surface area contributed by atoms with Gasteiger partial charge in [0, 0.05) is 11.1 Å². The topological polar surface area (TPSA) is 70.9 Å². The van der Waals surface area contributed by atoms with Gasteiger partial charge in [-0.1, -0.05) is 37.4 Å². The van der Waals surface area contributed by atoms with Crippen LogP contribution in [0, 0.1) is 5.92 Å². The van der Waals surface area contributed by atoms with Crippen molar-refractivity contribution in [2.75, 3.05) is 26.2 Å². The largest absolute Gasteiger partial charge is 0.348 e. The molecular weight excluding hydrogens is 398 g/mol. The van der Waals surface area contributed by atoms with Gasteiger partial charge in [0.2, 0.25) is 10.0 Å². The third-order valence-electron chi connectivity index (χ3n) is 6.24. The molecule has 0 bridgehead atoms. The molecule has 1 aromatic rings. The third kappa shape index (κ3) is 4.87. The van der Waals surface area contributed by atoms with Crippen LogP contribution < -0.4 is 10.2 Å². The smallest absolute Gasteiger partial charge is 0.278 e. The number of halogens is 1. The second-order valence-electron chi connectivity index (χ2n) is 8.12. The number of hydrogen-bond donors (Lipinski definition) is 2. The molecule has 1 aromatic carbocycles. The number of carbonyl (C=O) groups is 1. The first-order chi connectivity index (χ1) is 13.3. The molecule has 1 aliphatic carbocycles. The van der Waals surface area contributed by atoms with Crippen molar-refractivity contribution in [3.63, 3.8) is 0 Å². The van der Waals surface area contributed by atoms with Crippen LogP contribution in [0.2, 0.25) is 5.02 Å². The van der Waals surface area contributed by atoms with Gasteiger partial charge < -0.3 is 10.2 Å². The van der Waals surface area contributed by atoms with Crippen molar-refractivity contribution in [2.45, 2.75) is 56.5 Å². The zero-order chi connectivity index (χ0) is 20.3. The highest BCUT2D eigenvalue weighted by molar-refractivity contribution is 7.89. The predicted octanol–water partition coefficient (Wildman–Crippen LogP) is 1.31. The zero-order valence-electron chi connectivity index (χ0n) is 16.7. The number of quaternary nitrogens is 1. The van der Waals surface area contributed by atoms with Crippen LogP contribution in [0.25, 0.3) is 0 Å². The Kier molecular flexibility index (Phi) is 7.02. The maximum atomic E-state index is 12.8. The lowest BCUT2D eigenvalue weighted by Gasteiger charge is -2.35. The molecule has 0 radical (unpaired) electrons. The maximum absolute atomic E-state index is 12.8. The highest BCUT2D eigenvalue weighted by Crippen LogP contribution is 2.23. The van der Waals surface area contributed by atoms with Gasteiger partial charge in [0.25, 0.3) is 5.91 Å². The average molecular weight is 429 g/mol. The molecule has 3 atom stereocenters. The van der Waals surface area contributed by atoms with Crippen LogP contribution in [0.15, 0.2) is 29.2 Å². The lowest BCUT2D eigenvalue weighted by Crippen LogP contribution is -3.19. The Morgan fingerprint density at radius 1 is 1.25 bits per heavy atom. The minimum atomic E-state index is -3.55. The van der Waals surface area contributed by atoms with E-state index in [0.717, 1.165) is 11.3 Å². The summed E-state index contributed by atoms with van der Waals surface area (Å²) < 4.78 is 27.2. The van der Waals surface area contributed by atoms with E-state index in [1.165, 1.54) is 29.6 Å². The van der Waals surface area contributed by atoms with Gasteiger partial charge in [0.05, 0.1) is 31.1 Å². The first kappa shape index (κ1) is 21.6. The molecule has 2 fully saturated rings. The lowest BCUT2D eigenvalue weighted by atomic mass is 9.86. The molecular formula is C20H31ClN3O3S+. The Morgan fingerprint density at radius 2 is 1.93 bits per heavy atom. The van der Waals surface area contributed by atoms with Crippen molar-refractivity contribution in [1.29, 1.82) is 0 Å². The number of sulfonamides is 1. The number of amides is 1. The van der Waals surface area contributed by atoms with Crippen LogP contribution >= 0.6 is 11.6 Å². The van der Waals surface area contributed by atoms with E-state index in [-0.39, 0.29) is 22.9 Å². The van der Waals surface area contributed by atoms with Gasteiger partial charge in [-0.05, 0) is 43.9 Å². The highest BCUT2D eigenvalue weighted by Gasteiger charge is 2.35. The molecule has 28 heavy (non-hydrogen) atoms. The Labute approximate surface area is 173 Å². The summed E-state index contributed by atoms with van der Waals surface area (Å²) in [6.07, 6.45) is 4.65. The molecule has 2 aliphatic rings. The Balaban J connectivity index is 1.56. The molecule has 156 valence electrons. The van der Waals surface area contributed by atoms with Gasteiger partial charge in [-0.3, -0.25) is 4.79 Å². The van der Waals surface area contributed by atoms with Crippen LogP contribution in [0.5, 0.6) is 0 Å². The number of nitrogens with one attached hydrogen (secondary N) is 2. The van der Waals surface area contributed by atoms with Crippen molar-refractivity contribution in [2.24, 2.45) is 5.92 Å². The summed E-state index contributed by atoms with van der Waals surface area (Å²) in [5.74, 6) is 0.611. The molecule has 1 saturated carbocycles. The molecule has 0 aromatic heterocycles. The minimum absolute atomic E-state index is 0.0832. The number of carbonyl (C=O) groups excluding carboxylic acids is 1. The standard InChI is InChI=1S/C20H30ClN3O3S/c1-15-6-3-4-9-19(15)22-20(25)16(2)23-10-12-24(13-11-23)28(26,27)18-8-5-7-17(21)14-18/h5,7-8,14-16,19H,3-4,6,9-13H2,1-2H3,(H,22,25)/p+1/t15-,16-,19-/m1/s1. The van der Waals surface area contributed by atoms with Crippen molar-refractivity contribution in [1.82, 2.24) is 9.62 Å². The van der Waals surface area contributed by atoms with Gasteiger partial charge >= 0.3 is 0 Å². The quantitative estimate of drug-likeness (QED) is 0.742. The van der Waals surface area contributed by atoms with Crippen LogP contribution in [-0.4, -0.2) is 56.9 Å². The van der Waals surface area contributed by atoms with Crippen molar-refractivity contribution in [3.8, 4) is 0 Å². The van der Waals surface area contributed by atoms with E-state index in [4.69, 9.17) is 11.6 Å². The van der Waals surface area contributed by atoms with E-state index in [1.54, 1.807) is 18.2 Å². The molecule has 2 N–H and O–H groups in total. The monoisotopic (exact) mass is 428 g/mol. The Hall–Kier alpha value is -1.15. The third-order valence-corrected chi connectivity index (χ3v) is 8.37. The second-order valence-corrected chi connectivity index (χ2v) is 10.5. The van der Waals surface area contributed by atoms with E-state index in [9.17, 15) is 13.2 Å². The second kappa shape index (κ2) is 9.11. The molecule has 0 unspecified atom stereocenters. The summed E-state index contributed by atoms with van der Waals surface area (Å²) in [6.45, 7) is 6.20. The predicted molar refractivity (Wildman–Crippen MR) is 110 cm³/mol. The molecule has 8 heteroatoms. The van der Waals surface area contributed by atoms with Crippen LogP contribution in [0.3, 0.4) is 0 Å². The Bertz CT molecular complexity index is 794.